The lowest BCUT2D eigenvalue weighted by molar-refractivity contribution is 0.572. The number of aromatic nitrogens is 3. The molecule has 0 radical (unpaired) electrons. The van der Waals surface area contributed by atoms with E-state index in [0.717, 1.165) is 29.9 Å². The lowest BCUT2D eigenvalue weighted by atomic mass is 10.2. The first-order valence-electron chi connectivity index (χ1n) is 5.61. The van der Waals surface area contributed by atoms with Crippen LogP contribution < -0.4 is 5.32 Å². The second-order valence-electron chi connectivity index (χ2n) is 3.73. The molecule has 0 aliphatic rings. The van der Waals surface area contributed by atoms with Gasteiger partial charge in [-0.15, -0.1) is 0 Å². The van der Waals surface area contributed by atoms with Gasteiger partial charge in [0.25, 0.3) is 0 Å². The van der Waals surface area contributed by atoms with E-state index < -0.39 is 0 Å². The van der Waals surface area contributed by atoms with E-state index in [1.165, 1.54) is 5.56 Å². The van der Waals surface area contributed by atoms with E-state index in [1.807, 2.05) is 16.8 Å². The Bertz CT molecular complexity index is 481. The normalized spacial score (nSPS) is 10.7. The van der Waals surface area contributed by atoms with Gasteiger partial charge in [-0.25, -0.2) is 9.67 Å². The van der Waals surface area contributed by atoms with Crippen LogP contribution in [0.5, 0.6) is 0 Å². The maximum absolute atomic E-state index is 4.22. The van der Waals surface area contributed by atoms with Crippen LogP contribution in [0.3, 0.4) is 0 Å². The van der Waals surface area contributed by atoms with Crippen molar-refractivity contribution in [3.63, 3.8) is 0 Å². The summed E-state index contributed by atoms with van der Waals surface area (Å²) in [6.07, 6.45) is 1.60. The molecule has 17 heavy (non-hydrogen) atoms. The van der Waals surface area contributed by atoms with E-state index >= 15 is 0 Å². The van der Waals surface area contributed by atoms with Crippen molar-refractivity contribution in [3.05, 3.63) is 46.5 Å². The molecule has 0 atom stereocenters. The third-order valence-electron chi connectivity index (χ3n) is 2.50. The molecule has 0 unspecified atom stereocenters. The van der Waals surface area contributed by atoms with Crippen LogP contribution in [-0.2, 0) is 19.6 Å². The third-order valence-corrected chi connectivity index (χ3v) is 2.99. The molecule has 90 valence electrons. The fourth-order valence-electron chi connectivity index (χ4n) is 1.65. The molecule has 5 heteroatoms. The Balaban J connectivity index is 1.87. The molecule has 0 aliphatic heterocycles. The zero-order chi connectivity index (χ0) is 12.1. The van der Waals surface area contributed by atoms with Gasteiger partial charge in [0.1, 0.15) is 12.2 Å². The Labute approximate surface area is 109 Å². The van der Waals surface area contributed by atoms with E-state index in [9.17, 15) is 0 Å². The fourth-order valence-corrected chi connectivity index (χ4v) is 2.10. The van der Waals surface area contributed by atoms with Crippen LogP contribution in [0.2, 0.25) is 0 Å². The van der Waals surface area contributed by atoms with Crippen LogP contribution in [-0.4, -0.2) is 14.8 Å². The van der Waals surface area contributed by atoms with Gasteiger partial charge in [0.05, 0.1) is 6.54 Å². The molecule has 1 N–H and O–H groups in total. The second-order valence-corrected chi connectivity index (χ2v) is 4.64. The quantitative estimate of drug-likeness (QED) is 0.920. The maximum Gasteiger partial charge on any atom is 0.140 e. The summed E-state index contributed by atoms with van der Waals surface area (Å²) in [6, 6.07) is 8.27. The van der Waals surface area contributed by atoms with Crippen molar-refractivity contribution in [2.75, 3.05) is 0 Å². The van der Waals surface area contributed by atoms with Crippen LogP contribution in [0, 0.1) is 0 Å². The van der Waals surface area contributed by atoms with Crippen molar-refractivity contribution in [1.82, 2.24) is 20.1 Å². The molecular formula is C12H15BrN4. The molecule has 0 aliphatic carbocycles. The number of halogens is 1. The summed E-state index contributed by atoms with van der Waals surface area (Å²) < 4.78 is 3.00. The number of hydrogen-bond donors (Lipinski definition) is 1. The van der Waals surface area contributed by atoms with E-state index in [-0.39, 0.29) is 0 Å². The largest absolute Gasteiger partial charge is 0.306 e. The predicted molar refractivity (Wildman–Crippen MR) is 70.4 cm³/mol. The highest BCUT2D eigenvalue weighted by Gasteiger charge is 2.01. The smallest absolute Gasteiger partial charge is 0.140 e. The molecule has 1 aromatic carbocycles. The molecule has 1 aromatic heterocycles. The number of nitrogens with one attached hydrogen (secondary N) is 1. The van der Waals surface area contributed by atoms with Gasteiger partial charge >= 0.3 is 0 Å². The summed E-state index contributed by atoms with van der Waals surface area (Å²) in [5.74, 6) is 0.975. The number of nitrogens with zero attached hydrogens (tertiary/aromatic N) is 3. The second kappa shape index (κ2) is 5.93. The molecule has 0 fully saturated rings. The zero-order valence-electron chi connectivity index (χ0n) is 9.73. The van der Waals surface area contributed by atoms with E-state index in [1.54, 1.807) is 6.33 Å². The van der Waals surface area contributed by atoms with Gasteiger partial charge in [0.2, 0.25) is 0 Å². The van der Waals surface area contributed by atoms with Crippen molar-refractivity contribution in [1.29, 1.82) is 0 Å². The number of benzene rings is 1. The number of rotatable bonds is 5. The Hall–Kier alpha value is -1.20. The highest BCUT2D eigenvalue weighted by Crippen LogP contribution is 2.11. The number of aryl methyl sites for hydroxylation is 1. The van der Waals surface area contributed by atoms with Gasteiger partial charge in [0, 0.05) is 17.6 Å². The predicted octanol–water partition coefficient (Wildman–Crippen LogP) is 2.35. The monoisotopic (exact) mass is 294 g/mol. The number of hydrogen-bond acceptors (Lipinski definition) is 3. The first-order chi connectivity index (χ1) is 8.29. The minimum absolute atomic E-state index is 0.736. The molecule has 0 saturated heterocycles. The topological polar surface area (TPSA) is 42.7 Å². The SMILES string of the molecule is CCn1ncnc1CNCc1cccc(Br)c1. The average Bonchev–Trinajstić information content (AvgIpc) is 2.77. The van der Waals surface area contributed by atoms with Crippen LogP contribution in [0.25, 0.3) is 0 Å². The first-order valence-corrected chi connectivity index (χ1v) is 6.40. The van der Waals surface area contributed by atoms with E-state index in [4.69, 9.17) is 0 Å². The Kier molecular flexibility index (Phi) is 4.28. The lowest BCUT2D eigenvalue weighted by Crippen LogP contribution is -2.17. The molecule has 2 aromatic rings. The highest BCUT2D eigenvalue weighted by atomic mass is 79.9. The van der Waals surface area contributed by atoms with Gasteiger partial charge < -0.3 is 5.32 Å². The van der Waals surface area contributed by atoms with Crippen molar-refractivity contribution in [3.8, 4) is 0 Å². The molecule has 0 spiro atoms. The highest BCUT2D eigenvalue weighted by molar-refractivity contribution is 9.10. The standard InChI is InChI=1S/C12H15BrN4/c1-2-17-12(15-9-16-17)8-14-7-10-4-3-5-11(13)6-10/h3-6,9,14H,2,7-8H2,1H3. The Morgan fingerprint density at radius 1 is 1.35 bits per heavy atom. The molecule has 0 amide bonds. The van der Waals surface area contributed by atoms with E-state index in [2.05, 4.69) is 50.4 Å². The van der Waals surface area contributed by atoms with Crippen molar-refractivity contribution < 1.29 is 0 Å². The first kappa shape index (κ1) is 12.3. The Morgan fingerprint density at radius 2 is 2.24 bits per heavy atom. The third kappa shape index (κ3) is 3.38. The molecule has 0 bridgehead atoms. The van der Waals surface area contributed by atoms with Gasteiger partial charge in [-0.1, -0.05) is 28.1 Å². The van der Waals surface area contributed by atoms with Crippen LogP contribution >= 0.6 is 15.9 Å². The van der Waals surface area contributed by atoms with Crippen LogP contribution in [0.1, 0.15) is 18.3 Å². The summed E-state index contributed by atoms with van der Waals surface area (Å²) in [5, 5.41) is 7.49. The van der Waals surface area contributed by atoms with Crippen LogP contribution in [0.15, 0.2) is 35.1 Å². The fraction of sp³-hybridized carbons (Fsp3) is 0.333. The summed E-state index contributed by atoms with van der Waals surface area (Å²) in [5.41, 5.74) is 1.25. The lowest BCUT2D eigenvalue weighted by Gasteiger charge is -2.06. The summed E-state index contributed by atoms with van der Waals surface area (Å²) in [7, 11) is 0. The minimum Gasteiger partial charge on any atom is -0.306 e. The van der Waals surface area contributed by atoms with Crippen molar-refractivity contribution >= 4 is 15.9 Å². The molecular weight excluding hydrogens is 280 g/mol. The Morgan fingerprint density at radius 3 is 3.00 bits per heavy atom. The summed E-state index contributed by atoms with van der Waals surface area (Å²) >= 11 is 3.46. The minimum atomic E-state index is 0.736. The van der Waals surface area contributed by atoms with Crippen molar-refractivity contribution in [2.45, 2.75) is 26.6 Å². The van der Waals surface area contributed by atoms with Crippen molar-refractivity contribution in [2.24, 2.45) is 0 Å². The van der Waals surface area contributed by atoms with Gasteiger partial charge in [-0.3, -0.25) is 0 Å². The maximum atomic E-state index is 4.22. The summed E-state index contributed by atoms with van der Waals surface area (Å²) in [6.45, 7) is 4.48. The summed E-state index contributed by atoms with van der Waals surface area (Å²) in [4.78, 5) is 4.22. The van der Waals surface area contributed by atoms with Gasteiger partial charge in [-0.2, -0.15) is 5.10 Å². The van der Waals surface area contributed by atoms with Gasteiger partial charge in [0.15, 0.2) is 0 Å². The zero-order valence-corrected chi connectivity index (χ0v) is 11.3. The molecule has 1 heterocycles. The molecule has 4 nitrogen and oxygen atoms in total. The van der Waals surface area contributed by atoms with Gasteiger partial charge in [-0.05, 0) is 24.6 Å². The molecule has 2 rings (SSSR count). The molecule has 0 saturated carbocycles. The van der Waals surface area contributed by atoms with E-state index in [0.29, 0.717) is 0 Å². The average molecular weight is 295 g/mol. The van der Waals surface area contributed by atoms with Crippen LogP contribution in [0.4, 0.5) is 0 Å².